The molecule has 7 nitrogen and oxygen atoms in total. The highest BCUT2D eigenvalue weighted by Crippen LogP contribution is 2.07. The van der Waals surface area contributed by atoms with E-state index in [1.807, 2.05) is 37.3 Å². The van der Waals surface area contributed by atoms with E-state index < -0.39 is 6.04 Å². The molecule has 3 rings (SSSR count). The second-order valence-electron chi connectivity index (χ2n) is 6.27. The molecule has 1 atom stereocenters. The fourth-order valence-corrected chi connectivity index (χ4v) is 2.54. The van der Waals surface area contributed by atoms with E-state index in [2.05, 4.69) is 20.7 Å². The minimum absolute atomic E-state index is 0.290. The number of nitrogens with zero attached hydrogens (tertiary/aromatic N) is 3. The summed E-state index contributed by atoms with van der Waals surface area (Å²) in [7, 11) is 0. The van der Waals surface area contributed by atoms with Crippen LogP contribution >= 0.6 is 0 Å². The number of benzene rings is 1. The van der Waals surface area contributed by atoms with Crippen LogP contribution in [0.25, 0.3) is 0 Å². The Balaban J connectivity index is 1.56. The van der Waals surface area contributed by atoms with Crippen molar-refractivity contribution in [2.24, 2.45) is 0 Å². The first-order valence-corrected chi connectivity index (χ1v) is 8.63. The van der Waals surface area contributed by atoms with Crippen molar-refractivity contribution in [3.8, 4) is 0 Å². The Bertz CT molecular complexity index is 936. The second-order valence-corrected chi connectivity index (χ2v) is 6.27. The average Bonchev–Trinajstić information content (AvgIpc) is 3.09. The normalized spacial score (nSPS) is 11.6. The molecule has 2 aromatic heterocycles. The summed E-state index contributed by atoms with van der Waals surface area (Å²) in [6, 6.07) is 13.9. The first-order chi connectivity index (χ1) is 13.0. The summed E-state index contributed by atoms with van der Waals surface area (Å²) >= 11 is 0. The largest absolute Gasteiger partial charge is 0.341 e. The minimum Gasteiger partial charge on any atom is -0.341 e. The minimum atomic E-state index is -0.695. The van der Waals surface area contributed by atoms with Crippen LogP contribution in [0.4, 0.5) is 5.82 Å². The van der Waals surface area contributed by atoms with E-state index >= 15 is 0 Å². The Hall–Kier alpha value is -3.48. The zero-order chi connectivity index (χ0) is 19.2. The molecule has 7 heteroatoms. The van der Waals surface area contributed by atoms with Gasteiger partial charge in [0.2, 0.25) is 5.91 Å². The monoisotopic (exact) mass is 363 g/mol. The maximum Gasteiger partial charge on any atom is 0.251 e. The number of carbonyl (C=O) groups excluding carboxylic acids is 2. The van der Waals surface area contributed by atoms with Gasteiger partial charge in [0, 0.05) is 24.0 Å². The molecule has 0 bridgehead atoms. The Labute approximate surface area is 157 Å². The SMILES string of the molecule is Cc1cccc(C(=O)NC(C)C(=O)Nc2ccn(Cc3ccccn3)n2)c1. The van der Waals surface area contributed by atoms with Gasteiger partial charge >= 0.3 is 0 Å². The predicted octanol–water partition coefficient (Wildman–Crippen LogP) is 2.39. The number of pyridine rings is 1. The zero-order valence-electron chi connectivity index (χ0n) is 15.2. The molecule has 0 radical (unpaired) electrons. The van der Waals surface area contributed by atoms with Crippen LogP contribution < -0.4 is 10.6 Å². The van der Waals surface area contributed by atoms with Gasteiger partial charge in [-0.05, 0) is 38.1 Å². The third-order valence-electron chi connectivity index (χ3n) is 3.96. The third-order valence-corrected chi connectivity index (χ3v) is 3.96. The lowest BCUT2D eigenvalue weighted by Crippen LogP contribution is -2.41. The molecule has 0 fully saturated rings. The zero-order valence-corrected chi connectivity index (χ0v) is 15.2. The Morgan fingerprint density at radius 2 is 2.00 bits per heavy atom. The summed E-state index contributed by atoms with van der Waals surface area (Å²) in [5, 5.41) is 9.71. The number of aromatic nitrogens is 3. The number of aryl methyl sites for hydroxylation is 1. The van der Waals surface area contributed by atoms with Gasteiger partial charge in [-0.2, -0.15) is 5.10 Å². The average molecular weight is 363 g/mol. The topological polar surface area (TPSA) is 88.9 Å². The molecule has 0 aliphatic rings. The van der Waals surface area contributed by atoms with Crippen LogP contribution in [0.3, 0.4) is 0 Å². The van der Waals surface area contributed by atoms with Gasteiger partial charge < -0.3 is 10.6 Å². The quantitative estimate of drug-likeness (QED) is 0.704. The smallest absolute Gasteiger partial charge is 0.251 e. The van der Waals surface area contributed by atoms with Gasteiger partial charge in [-0.25, -0.2) is 0 Å². The summed E-state index contributed by atoms with van der Waals surface area (Å²) in [5.41, 5.74) is 2.38. The van der Waals surface area contributed by atoms with Crippen molar-refractivity contribution in [1.82, 2.24) is 20.1 Å². The number of nitrogens with one attached hydrogen (secondary N) is 2. The fourth-order valence-electron chi connectivity index (χ4n) is 2.54. The molecule has 2 N–H and O–H groups in total. The summed E-state index contributed by atoms with van der Waals surface area (Å²) < 4.78 is 1.69. The Kier molecular flexibility index (Phi) is 5.61. The number of hydrogen-bond donors (Lipinski definition) is 2. The van der Waals surface area contributed by atoms with E-state index in [9.17, 15) is 9.59 Å². The second kappa shape index (κ2) is 8.27. The van der Waals surface area contributed by atoms with E-state index in [0.29, 0.717) is 17.9 Å². The number of anilines is 1. The van der Waals surface area contributed by atoms with Crippen LogP contribution in [0.15, 0.2) is 60.9 Å². The molecule has 2 amide bonds. The van der Waals surface area contributed by atoms with Gasteiger partial charge in [0.1, 0.15) is 6.04 Å². The molecule has 0 spiro atoms. The molecule has 3 aromatic rings. The number of hydrogen-bond acceptors (Lipinski definition) is 4. The van der Waals surface area contributed by atoms with Crippen LogP contribution in [0.2, 0.25) is 0 Å². The van der Waals surface area contributed by atoms with Crippen LogP contribution in [-0.4, -0.2) is 32.6 Å². The van der Waals surface area contributed by atoms with Gasteiger partial charge in [-0.15, -0.1) is 0 Å². The van der Waals surface area contributed by atoms with Crippen molar-refractivity contribution in [1.29, 1.82) is 0 Å². The number of amides is 2. The summed E-state index contributed by atoms with van der Waals surface area (Å²) in [5.74, 6) is -0.200. The molecule has 138 valence electrons. The van der Waals surface area contributed by atoms with Crippen LogP contribution in [0, 0.1) is 6.92 Å². The first-order valence-electron chi connectivity index (χ1n) is 8.63. The molecular weight excluding hydrogens is 342 g/mol. The van der Waals surface area contributed by atoms with Crippen LogP contribution in [0.1, 0.15) is 28.5 Å². The van der Waals surface area contributed by atoms with E-state index in [1.54, 1.807) is 42.2 Å². The summed E-state index contributed by atoms with van der Waals surface area (Å²) in [6.07, 6.45) is 3.49. The maximum absolute atomic E-state index is 12.3. The lowest BCUT2D eigenvalue weighted by molar-refractivity contribution is -0.117. The molecule has 27 heavy (non-hydrogen) atoms. The van der Waals surface area contributed by atoms with Crippen molar-refractivity contribution in [2.75, 3.05) is 5.32 Å². The van der Waals surface area contributed by atoms with Crippen LogP contribution in [-0.2, 0) is 11.3 Å². The van der Waals surface area contributed by atoms with Crippen molar-refractivity contribution < 1.29 is 9.59 Å². The van der Waals surface area contributed by atoms with Gasteiger partial charge in [-0.1, -0.05) is 23.8 Å². The van der Waals surface area contributed by atoms with Crippen molar-refractivity contribution in [3.05, 3.63) is 77.7 Å². The number of rotatable bonds is 6. The predicted molar refractivity (Wildman–Crippen MR) is 102 cm³/mol. The lowest BCUT2D eigenvalue weighted by atomic mass is 10.1. The molecule has 1 aromatic carbocycles. The first kappa shape index (κ1) is 18.3. The highest BCUT2D eigenvalue weighted by Gasteiger charge is 2.17. The standard InChI is InChI=1S/C20H21N5O2/c1-14-6-5-7-16(12-14)20(27)22-15(2)19(26)23-18-9-11-25(24-18)13-17-8-3-4-10-21-17/h3-12,15H,13H2,1-2H3,(H,22,27)(H,23,24,26). The Morgan fingerprint density at radius 1 is 1.15 bits per heavy atom. The molecule has 2 heterocycles. The van der Waals surface area contributed by atoms with Crippen molar-refractivity contribution in [2.45, 2.75) is 26.4 Å². The Morgan fingerprint density at radius 3 is 2.74 bits per heavy atom. The molecule has 0 aliphatic heterocycles. The van der Waals surface area contributed by atoms with Crippen molar-refractivity contribution >= 4 is 17.6 Å². The van der Waals surface area contributed by atoms with Crippen molar-refractivity contribution in [3.63, 3.8) is 0 Å². The summed E-state index contributed by atoms with van der Waals surface area (Å²) in [4.78, 5) is 28.8. The van der Waals surface area contributed by atoms with Gasteiger partial charge in [0.25, 0.3) is 5.91 Å². The maximum atomic E-state index is 12.3. The van der Waals surface area contributed by atoms with Gasteiger partial charge in [0.15, 0.2) is 5.82 Å². The molecule has 0 saturated heterocycles. The highest BCUT2D eigenvalue weighted by molar-refractivity contribution is 6.00. The number of carbonyl (C=O) groups is 2. The lowest BCUT2D eigenvalue weighted by Gasteiger charge is -2.13. The molecule has 1 unspecified atom stereocenters. The third kappa shape index (κ3) is 5.01. The molecule has 0 saturated carbocycles. The van der Waals surface area contributed by atoms with Gasteiger partial charge in [0.05, 0.1) is 12.2 Å². The highest BCUT2D eigenvalue weighted by atomic mass is 16.2. The molecule has 0 aliphatic carbocycles. The van der Waals surface area contributed by atoms with Gasteiger partial charge in [-0.3, -0.25) is 19.3 Å². The van der Waals surface area contributed by atoms with E-state index in [0.717, 1.165) is 11.3 Å². The van der Waals surface area contributed by atoms with E-state index in [1.165, 1.54) is 0 Å². The van der Waals surface area contributed by atoms with E-state index in [4.69, 9.17) is 0 Å². The summed E-state index contributed by atoms with van der Waals surface area (Å²) in [6.45, 7) is 4.05. The molecular formula is C20H21N5O2. The van der Waals surface area contributed by atoms with E-state index in [-0.39, 0.29) is 11.8 Å². The van der Waals surface area contributed by atoms with Crippen LogP contribution in [0.5, 0.6) is 0 Å². The fraction of sp³-hybridized carbons (Fsp3) is 0.200.